The summed E-state index contributed by atoms with van der Waals surface area (Å²) in [6.07, 6.45) is 0. The Balaban J connectivity index is 2.67. The molecular formula is C8H6BrNOS. The van der Waals surface area contributed by atoms with Crippen LogP contribution in [0.3, 0.4) is 0 Å². The van der Waals surface area contributed by atoms with Crippen LogP contribution in [-0.2, 0) is 5.33 Å². The predicted molar refractivity (Wildman–Crippen MR) is 53.9 cm³/mol. The lowest BCUT2D eigenvalue weighted by Gasteiger charge is -1.87. The molecule has 0 bridgehead atoms. The van der Waals surface area contributed by atoms with Gasteiger partial charge in [0.2, 0.25) is 5.89 Å². The summed E-state index contributed by atoms with van der Waals surface area (Å²) in [6.45, 7) is 0. The van der Waals surface area contributed by atoms with Crippen LogP contribution < -0.4 is 0 Å². The highest BCUT2D eigenvalue weighted by Crippen LogP contribution is 2.19. The van der Waals surface area contributed by atoms with Gasteiger partial charge < -0.3 is 4.42 Å². The molecule has 12 heavy (non-hydrogen) atoms. The van der Waals surface area contributed by atoms with E-state index in [9.17, 15) is 0 Å². The fourth-order valence-electron chi connectivity index (χ4n) is 1.02. The third-order valence-electron chi connectivity index (χ3n) is 1.53. The Labute approximate surface area is 83.5 Å². The first-order valence-electron chi connectivity index (χ1n) is 3.44. The number of halogens is 1. The van der Waals surface area contributed by atoms with Gasteiger partial charge in [0.1, 0.15) is 5.52 Å². The van der Waals surface area contributed by atoms with Gasteiger partial charge in [0.05, 0.1) is 5.33 Å². The van der Waals surface area contributed by atoms with E-state index in [1.165, 1.54) is 0 Å². The van der Waals surface area contributed by atoms with Crippen molar-refractivity contribution in [3.05, 3.63) is 24.1 Å². The second kappa shape index (κ2) is 3.11. The van der Waals surface area contributed by atoms with Crippen molar-refractivity contribution in [2.75, 3.05) is 0 Å². The lowest BCUT2D eigenvalue weighted by Crippen LogP contribution is -1.72. The Hall–Kier alpha value is -0.480. The molecule has 62 valence electrons. The Bertz CT molecular complexity index is 412. The number of alkyl halides is 1. The molecule has 2 aromatic rings. The number of fused-ring (bicyclic) bond motifs is 1. The average molecular weight is 244 g/mol. The van der Waals surface area contributed by atoms with Gasteiger partial charge in [-0.2, -0.15) is 0 Å². The second-order valence-electron chi connectivity index (χ2n) is 2.39. The molecular weight excluding hydrogens is 238 g/mol. The minimum absolute atomic E-state index is 0.642. The molecule has 0 saturated carbocycles. The van der Waals surface area contributed by atoms with Gasteiger partial charge in [-0.1, -0.05) is 15.9 Å². The Morgan fingerprint density at radius 2 is 2.33 bits per heavy atom. The molecule has 2 nitrogen and oxygen atoms in total. The van der Waals surface area contributed by atoms with E-state index in [4.69, 9.17) is 4.42 Å². The Morgan fingerprint density at radius 1 is 1.50 bits per heavy atom. The van der Waals surface area contributed by atoms with Gasteiger partial charge >= 0.3 is 0 Å². The molecule has 0 unspecified atom stereocenters. The van der Waals surface area contributed by atoms with Gasteiger partial charge in [0.25, 0.3) is 0 Å². The molecule has 4 heteroatoms. The number of benzene rings is 1. The van der Waals surface area contributed by atoms with E-state index >= 15 is 0 Å². The first-order valence-corrected chi connectivity index (χ1v) is 5.01. The fourth-order valence-corrected chi connectivity index (χ4v) is 1.45. The maximum Gasteiger partial charge on any atom is 0.206 e. The molecule has 0 atom stereocenters. The minimum Gasteiger partial charge on any atom is -0.440 e. The number of aromatic nitrogens is 1. The maximum atomic E-state index is 5.39. The average Bonchev–Trinajstić information content (AvgIpc) is 2.46. The smallest absolute Gasteiger partial charge is 0.206 e. The molecule has 1 heterocycles. The van der Waals surface area contributed by atoms with Crippen molar-refractivity contribution in [1.82, 2.24) is 4.98 Å². The molecule has 2 rings (SSSR count). The molecule has 0 aliphatic carbocycles. The molecule has 0 amide bonds. The van der Waals surface area contributed by atoms with E-state index in [-0.39, 0.29) is 0 Å². The number of hydrogen-bond donors (Lipinski definition) is 1. The first-order chi connectivity index (χ1) is 5.79. The molecule has 0 radical (unpaired) electrons. The molecule has 0 N–H and O–H groups in total. The van der Waals surface area contributed by atoms with Crippen molar-refractivity contribution in [2.45, 2.75) is 10.2 Å². The van der Waals surface area contributed by atoms with Crippen molar-refractivity contribution < 1.29 is 4.42 Å². The first kappa shape index (κ1) is 8.13. The Kier molecular flexibility index (Phi) is 2.11. The summed E-state index contributed by atoms with van der Waals surface area (Å²) in [6, 6.07) is 5.65. The quantitative estimate of drug-likeness (QED) is 0.616. The SMILES string of the molecule is Sc1ccc2nc(CBr)oc2c1. The minimum atomic E-state index is 0.642. The lowest BCUT2D eigenvalue weighted by molar-refractivity contribution is 0.557. The van der Waals surface area contributed by atoms with Crippen molar-refractivity contribution in [3.63, 3.8) is 0 Å². The van der Waals surface area contributed by atoms with E-state index < -0.39 is 0 Å². The number of rotatable bonds is 1. The van der Waals surface area contributed by atoms with Gasteiger partial charge in [-0.3, -0.25) is 0 Å². The summed E-state index contributed by atoms with van der Waals surface area (Å²) in [4.78, 5) is 5.11. The zero-order valence-electron chi connectivity index (χ0n) is 6.12. The lowest BCUT2D eigenvalue weighted by atomic mass is 10.3. The zero-order valence-corrected chi connectivity index (χ0v) is 8.60. The number of hydrogen-bond acceptors (Lipinski definition) is 3. The zero-order chi connectivity index (χ0) is 8.55. The number of oxazole rings is 1. The third kappa shape index (κ3) is 1.36. The maximum absolute atomic E-state index is 5.39. The van der Waals surface area contributed by atoms with E-state index in [0.717, 1.165) is 16.0 Å². The molecule has 1 aromatic heterocycles. The molecule has 0 aliphatic rings. The van der Waals surface area contributed by atoms with Crippen molar-refractivity contribution in [3.8, 4) is 0 Å². The summed E-state index contributed by atoms with van der Waals surface area (Å²) in [5.41, 5.74) is 1.67. The normalized spacial score (nSPS) is 10.8. The van der Waals surface area contributed by atoms with Crippen molar-refractivity contribution >= 4 is 39.7 Å². The highest BCUT2D eigenvalue weighted by molar-refractivity contribution is 9.08. The Morgan fingerprint density at radius 3 is 3.08 bits per heavy atom. The fraction of sp³-hybridized carbons (Fsp3) is 0.125. The molecule has 0 spiro atoms. The largest absolute Gasteiger partial charge is 0.440 e. The van der Waals surface area contributed by atoms with Crippen LogP contribution >= 0.6 is 28.6 Å². The molecule has 0 fully saturated rings. The van der Waals surface area contributed by atoms with Crippen LogP contribution in [0.4, 0.5) is 0 Å². The summed E-state index contributed by atoms with van der Waals surface area (Å²) >= 11 is 7.48. The van der Waals surface area contributed by atoms with Crippen LogP contribution in [0.25, 0.3) is 11.1 Å². The topological polar surface area (TPSA) is 26.0 Å². The van der Waals surface area contributed by atoms with Crippen LogP contribution in [0.1, 0.15) is 5.89 Å². The van der Waals surface area contributed by atoms with Crippen LogP contribution in [0.2, 0.25) is 0 Å². The highest BCUT2D eigenvalue weighted by Gasteiger charge is 2.03. The summed E-state index contributed by atoms with van der Waals surface area (Å²) in [5.74, 6) is 0.698. The van der Waals surface area contributed by atoms with E-state index in [1.807, 2.05) is 18.2 Å². The van der Waals surface area contributed by atoms with Gasteiger partial charge in [0.15, 0.2) is 5.58 Å². The summed E-state index contributed by atoms with van der Waals surface area (Å²) in [7, 11) is 0. The van der Waals surface area contributed by atoms with Crippen molar-refractivity contribution in [2.24, 2.45) is 0 Å². The summed E-state index contributed by atoms with van der Waals surface area (Å²) in [5, 5.41) is 0.642. The number of nitrogens with zero attached hydrogens (tertiary/aromatic N) is 1. The third-order valence-corrected chi connectivity index (χ3v) is 2.29. The van der Waals surface area contributed by atoms with Crippen molar-refractivity contribution in [1.29, 1.82) is 0 Å². The number of thiol groups is 1. The standard InChI is InChI=1S/C8H6BrNOS/c9-4-8-10-6-2-1-5(12)3-7(6)11-8/h1-3,12H,4H2. The van der Waals surface area contributed by atoms with Gasteiger partial charge in [0, 0.05) is 4.90 Å². The molecule has 0 saturated heterocycles. The van der Waals surface area contributed by atoms with E-state index in [1.54, 1.807) is 0 Å². The van der Waals surface area contributed by atoms with Crippen LogP contribution in [0, 0.1) is 0 Å². The van der Waals surface area contributed by atoms with E-state index in [2.05, 4.69) is 33.5 Å². The van der Waals surface area contributed by atoms with Gasteiger partial charge in [-0.25, -0.2) is 4.98 Å². The van der Waals surface area contributed by atoms with Crippen LogP contribution in [-0.4, -0.2) is 4.98 Å². The van der Waals surface area contributed by atoms with Crippen LogP contribution in [0.5, 0.6) is 0 Å². The summed E-state index contributed by atoms with van der Waals surface area (Å²) < 4.78 is 5.39. The van der Waals surface area contributed by atoms with Gasteiger partial charge in [-0.15, -0.1) is 12.6 Å². The van der Waals surface area contributed by atoms with E-state index in [0.29, 0.717) is 11.2 Å². The second-order valence-corrected chi connectivity index (χ2v) is 3.47. The monoisotopic (exact) mass is 243 g/mol. The highest BCUT2D eigenvalue weighted by atomic mass is 79.9. The predicted octanol–water partition coefficient (Wildman–Crippen LogP) is 3.01. The van der Waals surface area contributed by atoms with Gasteiger partial charge in [-0.05, 0) is 18.2 Å². The molecule has 1 aromatic carbocycles. The molecule has 0 aliphatic heterocycles. The van der Waals surface area contributed by atoms with Crippen LogP contribution in [0.15, 0.2) is 27.5 Å².